The smallest absolute Gasteiger partial charge is 0.335 e. The molecule has 1 N–H and O–H groups in total. The maximum atomic E-state index is 13.0. The lowest BCUT2D eigenvalue weighted by Crippen LogP contribution is -2.37. The third-order valence-electron chi connectivity index (χ3n) is 4.84. The summed E-state index contributed by atoms with van der Waals surface area (Å²) in [5.74, 6) is -0.307. The molecule has 1 aliphatic heterocycles. The van der Waals surface area contributed by atoms with Crippen LogP contribution >= 0.6 is 0 Å². The number of carbonyl (C=O) groups excluding carboxylic acids is 1. The summed E-state index contributed by atoms with van der Waals surface area (Å²) in [7, 11) is 1.61. The molecule has 1 amide bonds. The summed E-state index contributed by atoms with van der Waals surface area (Å²) in [5, 5.41) is 9.16. The van der Waals surface area contributed by atoms with E-state index in [0.717, 1.165) is 30.8 Å². The number of carboxylic acids is 1. The summed E-state index contributed by atoms with van der Waals surface area (Å²) in [6.07, 6.45) is 2.14. The number of carbonyl (C=O) groups is 2. The van der Waals surface area contributed by atoms with E-state index in [1.165, 1.54) is 6.07 Å². The normalized spacial score (nSPS) is 16.0. The van der Waals surface area contributed by atoms with E-state index in [4.69, 9.17) is 14.6 Å². The first kappa shape index (κ1) is 19.9. The molecule has 1 aliphatic rings. The third-order valence-corrected chi connectivity index (χ3v) is 4.84. The average molecular weight is 383 g/mol. The van der Waals surface area contributed by atoms with Crippen LogP contribution in [0.2, 0.25) is 0 Å². The molecule has 0 saturated carbocycles. The van der Waals surface area contributed by atoms with Crippen LogP contribution in [0.4, 0.5) is 0 Å². The van der Waals surface area contributed by atoms with Gasteiger partial charge < -0.3 is 19.5 Å². The van der Waals surface area contributed by atoms with Gasteiger partial charge in [-0.05, 0) is 48.2 Å². The van der Waals surface area contributed by atoms with Gasteiger partial charge in [0.25, 0.3) is 0 Å². The van der Waals surface area contributed by atoms with Crippen molar-refractivity contribution in [1.29, 1.82) is 0 Å². The summed E-state index contributed by atoms with van der Waals surface area (Å²) in [6.45, 7) is 1.70. The van der Waals surface area contributed by atoms with E-state index in [9.17, 15) is 9.59 Å². The second-order valence-electron chi connectivity index (χ2n) is 6.94. The van der Waals surface area contributed by atoms with Gasteiger partial charge >= 0.3 is 5.97 Å². The Morgan fingerprint density at radius 2 is 1.96 bits per heavy atom. The number of ether oxygens (including phenoxy) is 2. The van der Waals surface area contributed by atoms with Crippen LogP contribution in [0.25, 0.3) is 0 Å². The predicted molar refractivity (Wildman–Crippen MR) is 104 cm³/mol. The Morgan fingerprint density at radius 3 is 2.68 bits per heavy atom. The minimum Gasteiger partial charge on any atom is -0.497 e. The molecule has 1 atom stereocenters. The Bertz CT molecular complexity index is 829. The third kappa shape index (κ3) is 5.33. The molecule has 148 valence electrons. The lowest BCUT2D eigenvalue weighted by molar-refractivity contribution is -0.132. The first-order valence-electron chi connectivity index (χ1n) is 9.39. The van der Waals surface area contributed by atoms with Gasteiger partial charge in [-0.2, -0.15) is 0 Å². The predicted octanol–water partition coefficient (Wildman–Crippen LogP) is 3.14. The standard InChI is InChI=1S/C22H25NO5/c1-27-19-8-3-6-17(12-19)14-23(15-20-9-4-10-28-20)21(24)13-16-5-2-7-18(11-16)22(25)26/h2-3,5-8,11-12,20H,4,9-10,13-15H2,1H3,(H,25,26). The van der Waals surface area contributed by atoms with Crippen LogP contribution in [0, 0.1) is 0 Å². The summed E-state index contributed by atoms with van der Waals surface area (Å²) in [4.78, 5) is 26.0. The average Bonchev–Trinajstić information content (AvgIpc) is 3.21. The van der Waals surface area contributed by atoms with Crippen LogP contribution in [0.1, 0.15) is 34.3 Å². The molecular weight excluding hydrogens is 358 g/mol. The van der Waals surface area contributed by atoms with Crippen LogP contribution in [-0.2, 0) is 22.5 Å². The van der Waals surface area contributed by atoms with Crippen molar-refractivity contribution >= 4 is 11.9 Å². The van der Waals surface area contributed by atoms with Crippen molar-refractivity contribution in [3.63, 3.8) is 0 Å². The Balaban J connectivity index is 1.75. The van der Waals surface area contributed by atoms with E-state index in [-0.39, 0.29) is 24.0 Å². The molecular formula is C22H25NO5. The number of hydrogen-bond donors (Lipinski definition) is 1. The molecule has 6 nitrogen and oxygen atoms in total. The van der Waals surface area contributed by atoms with E-state index in [1.807, 2.05) is 24.3 Å². The second kappa shape index (κ2) is 9.37. The zero-order chi connectivity index (χ0) is 19.9. The molecule has 1 fully saturated rings. The van der Waals surface area contributed by atoms with Gasteiger partial charge in [0.05, 0.1) is 25.2 Å². The molecule has 3 rings (SSSR count). The first-order chi connectivity index (χ1) is 13.5. The van der Waals surface area contributed by atoms with Gasteiger partial charge in [0.1, 0.15) is 5.75 Å². The minimum atomic E-state index is -0.998. The van der Waals surface area contributed by atoms with Gasteiger partial charge in [0, 0.05) is 19.7 Å². The fourth-order valence-electron chi connectivity index (χ4n) is 3.38. The van der Waals surface area contributed by atoms with Gasteiger partial charge in [-0.3, -0.25) is 4.79 Å². The Labute approximate surface area is 164 Å². The Hall–Kier alpha value is -2.86. The minimum absolute atomic E-state index is 0.0416. The number of nitrogens with zero attached hydrogens (tertiary/aromatic N) is 1. The van der Waals surface area contributed by atoms with Crippen LogP contribution in [-0.4, -0.2) is 48.2 Å². The maximum absolute atomic E-state index is 13.0. The zero-order valence-electron chi connectivity index (χ0n) is 16.0. The molecule has 0 aromatic heterocycles. The number of methoxy groups -OCH3 is 1. The second-order valence-corrected chi connectivity index (χ2v) is 6.94. The summed E-state index contributed by atoms with van der Waals surface area (Å²) >= 11 is 0. The van der Waals surface area contributed by atoms with E-state index in [0.29, 0.717) is 18.7 Å². The number of carboxylic acid groups (broad SMARTS) is 1. The molecule has 1 heterocycles. The van der Waals surface area contributed by atoms with Gasteiger partial charge in [0.2, 0.25) is 5.91 Å². The lowest BCUT2D eigenvalue weighted by atomic mass is 10.1. The fraction of sp³-hybridized carbons (Fsp3) is 0.364. The van der Waals surface area contributed by atoms with Crippen molar-refractivity contribution in [3.8, 4) is 5.75 Å². The van der Waals surface area contributed by atoms with Gasteiger partial charge in [-0.25, -0.2) is 4.79 Å². The van der Waals surface area contributed by atoms with E-state index in [1.54, 1.807) is 30.2 Å². The highest BCUT2D eigenvalue weighted by molar-refractivity contribution is 5.88. The number of amides is 1. The Morgan fingerprint density at radius 1 is 1.18 bits per heavy atom. The maximum Gasteiger partial charge on any atom is 0.335 e. The summed E-state index contributed by atoms with van der Waals surface area (Å²) in [5.41, 5.74) is 1.85. The van der Waals surface area contributed by atoms with Crippen LogP contribution in [0.3, 0.4) is 0 Å². The quantitative estimate of drug-likeness (QED) is 0.758. The zero-order valence-corrected chi connectivity index (χ0v) is 16.0. The van der Waals surface area contributed by atoms with Crippen LogP contribution in [0.15, 0.2) is 48.5 Å². The van der Waals surface area contributed by atoms with Crippen molar-refractivity contribution in [2.45, 2.75) is 31.9 Å². The van der Waals surface area contributed by atoms with E-state index >= 15 is 0 Å². The molecule has 28 heavy (non-hydrogen) atoms. The Kier molecular flexibility index (Phi) is 6.66. The summed E-state index contributed by atoms with van der Waals surface area (Å²) < 4.78 is 11.0. The van der Waals surface area contributed by atoms with Crippen molar-refractivity contribution in [1.82, 2.24) is 4.90 Å². The van der Waals surface area contributed by atoms with Crippen molar-refractivity contribution < 1.29 is 24.2 Å². The number of aromatic carboxylic acids is 1. The topological polar surface area (TPSA) is 76.1 Å². The number of benzene rings is 2. The molecule has 0 bridgehead atoms. The van der Waals surface area contributed by atoms with Crippen LogP contribution in [0.5, 0.6) is 5.75 Å². The largest absolute Gasteiger partial charge is 0.497 e. The SMILES string of the molecule is COc1cccc(CN(CC2CCCO2)C(=O)Cc2cccc(C(=O)O)c2)c1. The van der Waals surface area contributed by atoms with Gasteiger partial charge in [0.15, 0.2) is 0 Å². The molecule has 0 aliphatic carbocycles. The van der Waals surface area contributed by atoms with Crippen LogP contribution < -0.4 is 4.74 Å². The van der Waals surface area contributed by atoms with E-state index < -0.39 is 5.97 Å². The molecule has 0 radical (unpaired) electrons. The highest BCUT2D eigenvalue weighted by Gasteiger charge is 2.23. The lowest BCUT2D eigenvalue weighted by Gasteiger charge is -2.26. The first-order valence-corrected chi connectivity index (χ1v) is 9.39. The van der Waals surface area contributed by atoms with Gasteiger partial charge in [-0.1, -0.05) is 24.3 Å². The molecule has 2 aromatic carbocycles. The molecule has 2 aromatic rings. The van der Waals surface area contributed by atoms with Crippen molar-refractivity contribution in [2.24, 2.45) is 0 Å². The molecule has 0 spiro atoms. The molecule has 6 heteroatoms. The monoisotopic (exact) mass is 383 g/mol. The van der Waals surface area contributed by atoms with Crippen molar-refractivity contribution in [2.75, 3.05) is 20.3 Å². The summed E-state index contributed by atoms with van der Waals surface area (Å²) in [6, 6.07) is 14.2. The van der Waals surface area contributed by atoms with Gasteiger partial charge in [-0.15, -0.1) is 0 Å². The molecule has 1 unspecified atom stereocenters. The number of hydrogen-bond acceptors (Lipinski definition) is 4. The number of rotatable bonds is 8. The highest BCUT2D eigenvalue weighted by atomic mass is 16.5. The fourth-order valence-corrected chi connectivity index (χ4v) is 3.38. The van der Waals surface area contributed by atoms with Crippen molar-refractivity contribution in [3.05, 3.63) is 65.2 Å². The van der Waals surface area contributed by atoms with E-state index in [2.05, 4.69) is 0 Å². The highest BCUT2D eigenvalue weighted by Crippen LogP contribution is 2.19. The molecule has 1 saturated heterocycles.